The first-order chi connectivity index (χ1) is 9.32. The Labute approximate surface area is 118 Å². The van der Waals surface area contributed by atoms with E-state index in [0.29, 0.717) is 6.42 Å². The van der Waals surface area contributed by atoms with Crippen molar-refractivity contribution in [2.24, 2.45) is 5.92 Å². The van der Waals surface area contributed by atoms with Gasteiger partial charge >= 0.3 is 11.9 Å². The number of Topliss-reactive ketones (excluding diaryl/α,β-unsaturated/α-hetero) is 2. The van der Waals surface area contributed by atoms with E-state index in [1.165, 1.54) is 13.8 Å². The van der Waals surface area contributed by atoms with Crippen LogP contribution in [0.3, 0.4) is 0 Å². The van der Waals surface area contributed by atoms with Gasteiger partial charge in [-0.3, -0.25) is 19.2 Å². The van der Waals surface area contributed by atoms with Gasteiger partial charge in [-0.1, -0.05) is 6.92 Å². The number of esters is 2. The molecule has 20 heavy (non-hydrogen) atoms. The van der Waals surface area contributed by atoms with Crippen LogP contribution in [-0.2, 0) is 28.7 Å². The number of rotatable bonds is 10. The van der Waals surface area contributed by atoms with E-state index < -0.39 is 5.97 Å². The number of ether oxygens (including phenoxy) is 2. The molecular weight excluding hydrogens is 264 g/mol. The Morgan fingerprint density at radius 1 is 0.950 bits per heavy atom. The summed E-state index contributed by atoms with van der Waals surface area (Å²) in [6, 6.07) is 0. The molecule has 114 valence electrons. The molecule has 1 unspecified atom stereocenters. The van der Waals surface area contributed by atoms with Gasteiger partial charge in [0.1, 0.15) is 18.2 Å². The minimum Gasteiger partial charge on any atom is -0.466 e. The Bertz CT molecular complexity index is 361. The van der Waals surface area contributed by atoms with Crippen LogP contribution in [0.4, 0.5) is 0 Å². The standard InChI is InChI=1S/C14H22O6/c1-10(11(2)15)9-20-14(18)7-6-13(17)5-4-8-19-12(3)16/h10H,4-9H2,1-3H3. The first-order valence-electron chi connectivity index (χ1n) is 6.64. The fourth-order valence-electron chi connectivity index (χ4n) is 1.26. The van der Waals surface area contributed by atoms with Gasteiger partial charge in [0, 0.05) is 25.7 Å². The average Bonchev–Trinajstić information content (AvgIpc) is 2.38. The summed E-state index contributed by atoms with van der Waals surface area (Å²) in [5.41, 5.74) is 0. The largest absolute Gasteiger partial charge is 0.466 e. The van der Waals surface area contributed by atoms with Crippen molar-refractivity contribution in [1.82, 2.24) is 0 Å². The maximum atomic E-state index is 11.4. The third kappa shape index (κ3) is 10.2. The second kappa shape index (κ2) is 10.1. The Kier molecular flexibility index (Phi) is 9.24. The van der Waals surface area contributed by atoms with Crippen molar-refractivity contribution in [2.75, 3.05) is 13.2 Å². The summed E-state index contributed by atoms with van der Waals surface area (Å²) in [4.78, 5) is 44.2. The molecule has 0 aromatic rings. The molecule has 0 rings (SSSR count). The van der Waals surface area contributed by atoms with Crippen molar-refractivity contribution in [3.63, 3.8) is 0 Å². The fourth-order valence-corrected chi connectivity index (χ4v) is 1.26. The van der Waals surface area contributed by atoms with Gasteiger partial charge in [0.2, 0.25) is 0 Å². The van der Waals surface area contributed by atoms with Crippen LogP contribution in [0, 0.1) is 5.92 Å². The molecule has 0 saturated carbocycles. The lowest BCUT2D eigenvalue weighted by Crippen LogP contribution is -2.17. The Morgan fingerprint density at radius 2 is 1.60 bits per heavy atom. The highest BCUT2D eigenvalue weighted by Crippen LogP contribution is 2.03. The number of carbonyl (C=O) groups is 4. The van der Waals surface area contributed by atoms with E-state index in [1.807, 2.05) is 0 Å². The highest BCUT2D eigenvalue weighted by Gasteiger charge is 2.12. The van der Waals surface area contributed by atoms with Crippen molar-refractivity contribution >= 4 is 23.5 Å². The van der Waals surface area contributed by atoms with E-state index in [2.05, 4.69) is 0 Å². The predicted molar refractivity (Wildman–Crippen MR) is 70.9 cm³/mol. The molecule has 0 saturated heterocycles. The van der Waals surface area contributed by atoms with Gasteiger partial charge in [-0.15, -0.1) is 0 Å². The summed E-state index contributed by atoms with van der Waals surface area (Å²) >= 11 is 0. The second-order valence-corrected chi connectivity index (χ2v) is 4.68. The fraction of sp³-hybridized carbons (Fsp3) is 0.714. The van der Waals surface area contributed by atoms with Crippen molar-refractivity contribution in [3.8, 4) is 0 Å². The van der Waals surface area contributed by atoms with Crippen LogP contribution in [0.2, 0.25) is 0 Å². The molecular formula is C14H22O6. The Balaban J connectivity index is 3.65. The summed E-state index contributed by atoms with van der Waals surface area (Å²) in [5.74, 6) is -1.29. The van der Waals surface area contributed by atoms with Gasteiger partial charge < -0.3 is 9.47 Å². The molecule has 0 N–H and O–H groups in total. The van der Waals surface area contributed by atoms with E-state index in [0.717, 1.165) is 0 Å². The Morgan fingerprint density at radius 3 is 2.15 bits per heavy atom. The molecule has 0 spiro atoms. The molecule has 0 aliphatic carbocycles. The van der Waals surface area contributed by atoms with Gasteiger partial charge in [0.05, 0.1) is 13.0 Å². The summed E-state index contributed by atoms with van der Waals surface area (Å²) in [5, 5.41) is 0. The summed E-state index contributed by atoms with van der Waals surface area (Å²) < 4.78 is 9.58. The highest BCUT2D eigenvalue weighted by atomic mass is 16.5. The maximum absolute atomic E-state index is 11.4. The molecule has 0 aliphatic rings. The molecule has 0 heterocycles. The first-order valence-corrected chi connectivity index (χ1v) is 6.64. The van der Waals surface area contributed by atoms with Crippen molar-refractivity contribution < 1.29 is 28.7 Å². The van der Waals surface area contributed by atoms with Crippen molar-refractivity contribution in [1.29, 1.82) is 0 Å². The number of ketones is 2. The zero-order valence-electron chi connectivity index (χ0n) is 12.3. The van der Waals surface area contributed by atoms with Gasteiger partial charge in [-0.25, -0.2) is 0 Å². The van der Waals surface area contributed by atoms with E-state index >= 15 is 0 Å². The minimum absolute atomic E-state index is 0.0109. The van der Waals surface area contributed by atoms with Gasteiger partial charge in [0.15, 0.2) is 0 Å². The molecule has 0 amide bonds. The molecule has 6 nitrogen and oxygen atoms in total. The SMILES string of the molecule is CC(=O)OCCCC(=O)CCC(=O)OCC(C)C(C)=O. The van der Waals surface area contributed by atoms with Crippen LogP contribution in [0.15, 0.2) is 0 Å². The summed E-state index contributed by atoms with van der Waals surface area (Å²) in [6.45, 7) is 4.68. The molecule has 0 bridgehead atoms. The average molecular weight is 286 g/mol. The summed E-state index contributed by atoms with van der Waals surface area (Å²) in [6.07, 6.45) is 0.837. The van der Waals surface area contributed by atoms with Crippen molar-refractivity contribution in [3.05, 3.63) is 0 Å². The lowest BCUT2D eigenvalue weighted by molar-refractivity contribution is -0.146. The zero-order valence-corrected chi connectivity index (χ0v) is 12.3. The number of hydrogen-bond acceptors (Lipinski definition) is 6. The van der Waals surface area contributed by atoms with Crippen LogP contribution in [0.1, 0.15) is 46.5 Å². The molecule has 0 radical (unpaired) electrons. The Hall–Kier alpha value is -1.72. The van der Waals surface area contributed by atoms with Crippen LogP contribution in [0.25, 0.3) is 0 Å². The first kappa shape index (κ1) is 18.3. The quantitative estimate of drug-likeness (QED) is 0.446. The molecule has 0 aromatic carbocycles. The van der Waals surface area contributed by atoms with E-state index in [4.69, 9.17) is 9.47 Å². The van der Waals surface area contributed by atoms with Gasteiger partial charge in [-0.05, 0) is 13.3 Å². The van der Waals surface area contributed by atoms with E-state index in [1.54, 1.807) is 6.92 Å². The normalized spacial score (nSPS) is 11.6. The van der Waals surface area contributed by atoms with Gasteiger partial charge in [-0.2, -0.15) is 0 Å². The third-order valence-corrected chi connectivity index (χ3v) is 2.70. The maximum Gasteiger partial charge on any atom is 0.306 e. The molecule has 0 aromatic heterocycles. The topological polar surface area (TPSA) is 86.7 Å². The van der Waals surface area contributed by atoms with Gasteiger partial charge in [0.25, 0.3) is 0 Å². The lowest BCUT2D eigenvalue weighted by atomic mass is 10.1. The second-order valence-electron chi connectivity index (χ2n) is 4.68. The van der Waals surface area contributed by atoms with Crippen LogP contribution < -0.4 is 0 Å². The van der Waals surface area contributed by atoms with Crippen molar-refractivity contribution in [2.45, 2.75) is 46.5 Å². The smallest absolute Gasteiger partial charge is 0.306 e. The summed E-state index contributed by atoms with van der Waals surface area (Å²) in [7, 11) is 0. The van der Waals surface area contributed by atoms with Crippen LogP contribution >= 0.6 is 0 Å². The monoisotopic (exact) mass is 286 g/mol. The molecule has 0 fully saturated rings. The third-order valence-electron chi connectivity index (χ3n) is 2.70. The molecule has 0 aliphatic heterocycles. The van der Waals surface area contributed by atoms with E-state index in [9.17, 15) is 19.2 Å². The zero-order chi connectivity index (χ0) is 15.5. The minimum atomic E-state index is -0.480. The van der Waals surface area contributed by atoms with Crippen LogP contribution in [0.5, 0.6) is 0 Å². The number of carbonyl (C=O) groups excluding carboxylic acids is 4. The molecule has 1 atom stereocenters. The number of hydrogen-bond donors (Lipinski definition) is 0. The highest BCUT2D eigenvalue weighted by molar-refractivity contribution is 5.83. The molecule has 6 heteroatoms. The van der Waals surface area contributed by atoms with Crippen LogP contribution in [-0.4, -0.2) is 36.7 Å². The predicted octanol–water partition coefficient (Wildman–Crippen LogP) is 1.45. The lowest BCUT2D eigenvalue weighted by Gasteiger charge is -2.08. The van der Waals surface area contributed by atoms with E-state index in [-0.39, 0.29) is 55.9 Å².